The van der Waals surface area contributed by atoms with E-state index < -0.39 is 5.54 Å². The zero-order valence-corrected chi connectivity index (χ0v) is 7.81. The highest BCUT2D eigenvalue weighted by atomic mass is 16.5. The van der Waals surface area contributed by atoms with Crippen molar-refractivity contribution in [2.45, 2.75) is 25.0 Å². The van der Waals surface area contributed by atoms with Crippen LogP contribution in [0.15, 0.2) is 0 Å². The van der Waals surface area contributed by atoms with Gasteiger partial charge in [0, 0.05) is 27.1 Å². The van der Waals surface area contributed by atoms with E-state index in [2.05, 4.69) is 10.6 Å². The van der Waals surface area contributed by atoms with Gasteiger partial charge in [0.15, 0.2) is 0 Å². The van der Waals surface area contributed by atoms with Crippen molar-refractivity contribution in [3.8, 4) is 0 Å². The lowest BCUT2D eigenvalue weighted by atomic mass is 9.98. The largest absolute Gasteiger partial charge is 0.380 e. The van der Waals surface area contributed by atoms with Gasteiger partial charge in [-0.2, -0.15) is 0 Å². The molecule has 1 saturated heterocycles. The maximum atomic E-state index is 11.4. The third kappa shape index (κ3) is 1.59. The molecule has 0 spiro atoms. The third-order valence-corrected chi connectivity index (χ3v) is 2.42. The summed E-state index contributed by atoms with van der Waals surface area (Å²) in [5.74, 6) is 0.0297. The van der Waals surface area contributed by atoms with Crippen LogP contribution in [-0.4, -0.2) is 38.3 Å². The summed E-state index contributed by atoms with van der Waals surface area (Å²) in [6, 6.07) is 0. The van der Waals surface area contributed by atoms with Crippen LogP contribution in [-0.2, 0) is 9.53 Å². The zero-order valence-electron chi connectivity index (χ0n) is 7.81. The van der Waals surface area contributed by atoms with E-state index in [1.54, 1.807) is 14.2 Å². The monoisotopic (exact) mass is 172 g/mol. The van der Waals surface area contributed by atoms with E-state index in [4.69, 9.17) is 4.74 Å². The molecular weight excluding hydrogens is 156 g/mol. The summed E-state index contributed by atoms with van der Waals surface area (Å²) in [5, 5.41) is 5.78. The van der Waals surface area contributed by atoms with Crippen LogP contribution in [0.3, 0.4) is 0 Å². The Morgan fingerprint density at radius 2 is 2.42 bits per heavy atom. The van der Waals surface area contributed by atoms with E-state index in [1.165, 1.54) is 0 Å². The van der Waals surface area contributed by atoms with Crippen LogP contribution in [0.1, 0.15) is 13.3 Å². The molecular formula is C8H16N2O2. The van der Waals surface area contributed by atoms with Gasteiger partial charge in [-0.05, 0) is 6.92 Å². The Balaban J connectivity index is 2.57. The number of carbonyl (C=O) groups excluding carboxylic acids is 1. The lowest BCUT2D eigenvalue weighted by Crippen LogP contribution is -2.50. The summed E-state index contributed by atoms with van der Waals surface area (Å²) in [7, 11) is 3.32. The Hall–Kier alpha value is -0.610. The maximum Gasteiger partial charge on any atom is 0.239 e. The molecule has 2 atom stereocenters. The number of hydrogen-bond acceptors (Lipinski definition) is 3. The van der Waals surface area contributed by atoms with Crippen molar-refractivity contribution in [2.75, 3.05) is 20.7 Å². The van der Waals surface area contributed by atoms with Crippen LogP contribution in [0, 0.1) is 0 Å². The molecule has 12 heavy (non-hydrogen) atoms. The fourth-order valence-electron chi connectivity index (χ4n) is 1.55. The van der Waals surface area contributed by atoms with Gasteiger partial charge < -0.3 is 15.4 Å². The molecule has 0 aliphatic carbocycles. The molecule has 4 nitrogen and oxygen atoms in total. The van der Waals surface area contributed by atoms with E-state index in [9.17, 15) is 4.79 Å². The Bertz CT molecular complexity index is 184. The predicted molar refractivity (Wildman–Crippen MR) is 45.9 cm³/mol. The normalized spacial score (nSPS) is 35.1. The molecule has 4 heteroatoms. The first-order chi connectivity index (χ1) is 5.62. The zero-order chi connectivity index (χ0) is 9.19. The minimum absolute atomic E-state index is 0.0297. The predicted octanol–water partition coefficient (Wildman–Crippen LogP) is -0.501. The smallest absolute Gasteiger partial charge is 0.239 e. The molecule has 1 rings (SSSR count). The summed E-state index contributed by atoms with van der Waals surface area (Å²) >= 11 is 0. The van der Waals surface area contributed by atoms with Crippen LogP contribution in [0.4, 0.5) is 0 Å². The first-order valence-electron chi connectivity index (χ1n) is 4.12. The molecule has 0 aromatic carbocycles. The molecule has 0 aromatic rings. The first kappa shape index (κ1) is 9.48. The Morgan fingerprint density at radius 1 is 1.75 bits per heavy atom. The summed E-state index contributed by atoms with van der Waals surface area (Å²) in [6.07, 6.45) is 0.899. The first-order valence-corrected chi connectivity index (χ1v) is 4.12. The summed E-state index contributed by atoms with van der Waals surface area (Å²) < 4.78 is 5.16. The number of methoxy groups -OCH3 is 1. The van der Waals surface area contributed by atoms with Crippen molar-refractivity contribution < 1.29 is 9.53 Å². The van der Waals surface area contributed by atoms with Crippen molar-refractivity contribution in [1.29, 1.82) is 0 Å². The van der Waals surface area contributed by atoms with Gasteiger partial charge in [-0.3, -0.25) is 4.79 Å². The number of rotatable bonds is 2. The molecule has 1 aliphatic heterocycles. The third-order valence-electron chi connectivity index (χ3n) is 2.42. The number of amides is 1. The van der Waals surface area contributed by atoms with Crippen LogP contribution >= 0.6 is 0 Å². The lowest BCUT2D eigenvalue weighted by molar-refractivity contribution is -0.126. The van der Waals surface area contributed by atoms with Crippen LogP contribution in [0.2, 0.25) is 0 Å². The second kappa shape index (κ2) is 3.41. The topological polar surface area (TPSA) is 50.4 Å². The Labute approximate surface area is 72.7 Å². The van der Waals surface area contributed by atoms with Gasteiger partial charge in [0.25, 0.3) is 0 Å². The molecule has 0 aromatic heterocycles. The molecule has 0 radical (unpaired) electrons. The second-order valence-electron chi connectivity index (χ2n) is 3.35. The Morgan fingerprint density at radius 3 is 2.83 bits per heavy atom. The number of nitrogens with one attached hydrogen (secondary N) is 2. The van der Waals surface area contributed by atoms with E-state index in [0.717, 1.165) is 13.0 Å². The molecule has 70 valence electrons. The number of likely N-dealkylation sites (N-methyl/N-ethyl adjacent to an activating group) is 1. The lowest BCUT2D eigenvalue weighted by Gasteiger charge is -2.21. The van der Waals surface area contributed by atoms with Gasteiger partial charge in [-0.1, -0.05) is 0 Å². The summed E-state index contributed by atoms with van der Waals surface area (Å²) in [5.41, 5.74) is -0.449. The van der Waals surface area contributed by atoms with Crippen molar-refractivity contribution in [2.24, 2.45) is 0 Å². The highest BCUT2D eigenvalue weighted by molar-refractivity contribution is 5.86. The fraction of sp³-hybridized carbons (Fsp3) is 0.875. The molecule has 1 heterocycles. The average molecular weight is 172 g/mol. The van der Waals surface area contributed by atoms with Crippen molar-refractivity contribution in [3.63, 3.8) is 0 Å². The molecule has 2 unspecified atom stereocenters. The van der Waals surface area contributed by atoms with Gasteiger partial charge >= 0.3 is 0 Å². The van der Waals surface area contributed by atoms with Gasteiger partial charge in [0.2, 0.25) is 5.91 Å². The summed E-state index contributed by atoms with van der Waals surface area (Å²) in [4.78, 5) is 11.4. The number of ether oxygens (including phenoxy) is 1. The molecule has 1 fully saturated rings. The minimum Gasteiger partial charge on any atom is -0.380 e. The minimum atomic E-state index is -0.449. The molecule has 1 amide bonds. The quantitative estimate of drug-likeness (QED) is 0.590. The van der Waals surface area contributed by atoms with Crippen LogP contribution < -0.4 is 10.6 Å². The molecule has 1 aliphatic rings. The van der Waals surface area contributed by atoms with Crippen molar-refractivity contribution in [3.05, 3.63) is 0 Å². The SMILES string of the molecule is CNC(=O)C1(C)CC(OC)CN1. The second-order valence-corrected chi connectivity index (χ2v) is 3.35. The molecule has 0 bridgehead atoms. The fourth-order valence-corrected chi connectivity index (χ4v) is 1.55. The average Bonchev–Trinajstić information content (AvgIpc) is 2.47. The summed E-state index contributed by atoms with van der Waals surface area (Å²) in [6.45, 7) is 2.64. The maximum absolute atomic E-state index is 11.4. The van der Waals surface area contributed by atoms with Gasteiger partial charge in [0.05, 0.1) is 11.6 Å². The van der Waals surface area contributed by atoms with E-state index >= 15 is 0 Å². The van der Waals surface area contributed by atoms with Crippen molar-refractivity contribution >= 4 is 5.91 Å². The van der Waals surface area contributed by atoms with Gasteiger partial charge in [0.1, 0.15) is 0 Å². The molecule has 0 saturated carbocycles. The van der Waals surface area contributed by atoms with E-state index in [-0.39, 0.29) is 12.0 Å². The van der Waals surface area contributed by atoms with E-state index in [1.807, 2.05) is 6.92 Å². The highest BCUT2D eigenvalue weighted by Crippen LogP contribution is 2.20. The van der Waals surface area contributed by atoms with Gasteiger partial charge in [-0.15, -0.1) is 0 Å². The number of hydrogen-bond donors (Lipinski definition) is 2. The van der Waals surface area contributed by atoms with E-state index in [0.29, 0.717) is 0 Å². The van der Waals surface area contributed by atoms with Gasteiger partial charge in [-0.25, -0.2) is 0 Å². The number of carbonyl (C=O) groups is 1. The van der Waals surface area contributed by atoms with Crippen LogP contribution in [0.25, 0.3) is 0 Å². The Kier molecular flexibility index (Phi) is 2.69. The van der Waals surface area contributed by atoms with Crippen LogP contribution in [0.5, 0.6) is 0 Å². The highest BCUT2D eigenvalue weighted by Gasteiger charge is 2.40. The molecule has 2 N–H and O–H groups in total. The standard InChI is InChI=1S/C8H16N2O2/c1-8(7(11)9-2)4-6(12-3)5-10-8/h6,10H,4-5H2,1-3H3,(H,9,11). The van der Waals surface area contributed by atoms with Crippen molar-refractivity contribution in [1.82, 2.24) is 10.6 Å².